The minimum absolute atomic E-state index is 0.0929. The second-order valence-corrected chi connectivity index (χ2v) is 7.01. The number of rotatable bonds is 3. The molecule has 132 valence electrons. The minimum Gasteiger partial charge on any atom is -0.463 e. The first kappa shape index (κ1) is 18.0. The van der Waals surface area contributed by atoms with E-state index in [1.165, 1.54) is 0 Å². The monoisotopic (exact) mass is 379 g/mol. The van der Waals surface area contributed by atoms with Crippen LogP contribution in [-0.4, -0.2) is 18.4 Å². The van der Waals surface area contributed by atoms with E-state index >= 15 is 0 Å². The van der Waals surface area contributed by atoms with Crippen LogP contribution in [0.15, 0.2) is 41.2 Å². The summed E-state index contributed by atoms with van der Waals surface area (Å²) in [7, 11) is 0. The fraction of sp³-hybridized carbons (Fsp3) is 0.368. The highest BCUT2D eigenvalue weighted by atomic mass is 35.5. The van der Waals surface area contributed by atoms with Crippen molar-refractivity contribution >= 4 is 35.0 Å². The lowest BCUT2D eigenvalue weighted by molar-refractivity contribution is -0.139. The molecule has 1 aromatic rings. The van der Waals surface area contributed by atoms with Crippen LogP contribution in [0.1, 0.15) is 38.2 Å². The van der Waals surface area contributed by atoms with Crippen molar-refractivity contribution in [3.63, 3.8) is 0 Å². The molecule has 0 bridgehead atoms. The molecule has 1 aliphatic carbocycles. The molecule has 0 saturated heterocycles. The number of ketones is 1. The molecule has 0 amide bonds. The van der Waals surface area contributed by atoms with Crippen molar-refractivity contribution in [1.29, 1.82) is 0 Å². The summed E-state index contributed by atoms with van der Waals surface area (Å²) in [5, 5.41) is 4.16. The van der Waals surface area contributed by atoms with Crippen LogP contribution in [0.4, 0.5) is 0 Å². The molecule has 2 unspecified atom stereocenters. The molecule has 1 aromatic carbocycles. The van der Waals surface area contributed by atoms with Crippen LogP contribution in [0.25, 0.3) is 0 Å². The van der Waals surface area contributed by atoms with Crippen LogP contribution >= 0.6 is 23.2 Å². The fourth-order valence-corrected chi connectivity index (χ4v) is 4.11. The summed E-state index contributed by atoms with van der Waals surface area (Å²) in [6, 6.07) is 5.14. The molecule has 1 aliphatic heterocycles. The van der Waals surface area contributed by atoms with Gasteiger partial charge in [0.2, 0.25) is 0 Å². The summed E-state index contributed by atoms with van der Waals surface area (Å²) in [4.78, 5) is 25.3. The van der Waals surface area contributed by atoms with Crippen molar-refractivity contribution in [2.24, 2.45) is 5.92 Å². The van der Waals surface area contributed by atoms with Crippen LogP contribution in [0.2, 0.25) is 10.0 Å². The molecule has 6 heteroatoms. The van der Waals surface area contributed by atoms with Crippen molar-refractivity contribution in [2.75, 3.05) is 6.61 Å². The Bertz CT molecular complexity index is 798. The van der Waals surface area contributed by atoms with E-state index < -0.39 is 17.8 Å². The zero-order valence-corrected chi connectivity index (χ0v) is 15.6. The van der Waals surface area contributed by atoms with Crippen LogP contribution < -0.4 is 5.32 Å². The first-order valence-electron chi connectivity index (χ1n) is 8.26. The summed E-state index contributed by atoms with van der Waals surface area (Å²) in [5.41, 5.74) is 2.68. The molecule has 0 radical (unpaired) electrons. The second kappa shape index (κ2) is 7.22. The van der Waals surface area contributed by atoms with Crippen molar-refractivity contribution in [2.45, 2.75) is 32.6 Å². The third kappa shape index (κ3) is 3.33. The first-order chi connectivity index (χ1) is 11.9. The van der Waals surface area contributed by atoms with Gasteiger partial charge in [0, 0.05) is 33.8 Å². The molecule has 1 heterocycles. The van der Waals surface area contributed by atoms with E-state index in [0.717, 1.165) is 5.70 Å². The van der Waals surface area contributed by atoms with Gasteiger partial charge in [0.15, 0.2) is 0 Å². The van der Waals surface area contributed by atoms with Crippen molar-refractivity contribution in [3.8, 4) is 0 Å². The summed E-state index contributed by atoms with van der Waals surface area (Å²) < 4.78 is 5.25. The van der Waals surface area contributed by atoms with Crippen LogP contribution in [-0.2, 0) is 14.3 Å². The summed E-state index contributed by atoms with van der Waals surface area (Å²) in [5.74, 6) is -1.28. The Balaban J connectivity index is 2.20. The van der Waals surface area contributed by atoms with E-state index in [4.69, 9.17) is 27.9 Å². The highest BCUT2D eigenvalue weighted by molar-refractivity contribution is 6.35. The topological polar surface area (TPSA) is 55.4 Å². The molecular formula is C19H19Cl2NO3. The third-order valence-electron chi connectivity index (χ3n) is 4.61. The molecule has 2 aliphatic rings. The maximum absolute atomic E-state index is 12.7. The normalized spacial score (nSPS) is 22.9. The molecule has 4 nitrogen and oxygen atoms in total. The Morgan fingerprint density at radius 2 is 2.08 bits per heavy atom. The maximum Gasteiger partial charge on any atom is 0.336 e. The zero-order chi connectivity index (χ0) is 18.1. The molecule has 0 fully saturated rings. The first-order valence-corrected chi connectivity index (χ1v) is 9.02. The van der Waals surface area contributed by atoms with E-state index in [-0.39, 0.29) is 12.4 Å². The quantitative estimate of drug-likeness (QED) is 0.791. The van der Waals surface area contributed by atoms with Crippen LogP contribution in [0, 0.1) is 5.92 Å². The molecule has 1 N–H and O–H groups in total. The van der Waals surface area contributed by atoms with Gasteiger partial charge in [-0.2, -0.15) is 0 Å². The molecule has 25 heavy (non-hydrogen) atoms. The Labute approximate surface area is 156 Å². The SMILES string of the molecule is CCOC(=O)C1=C(C)NC2=CCCC(=O)C2C1c1ccc(Cl)cc1Cl. The fourth-order valence-electron chi connectivity index (χ4n) is 3.58. The zero-order valence-electron chi connectivity index (χ0n) is 14.1. The van der Waals surface area contributed by atoms with Gasteiger partial charge in [-0.25, -0.2) is 4.79 Å². The number of hydrogen-bond donors (Lipinski definition) is 1. The highest BCUT2D eigenvalue weighted by Gasteiger charge is 2.43. The number of hydrogen-bond acceptors (Lipinski definition) is 4. The smallest absolute Gasteiger partial charge is 0.336 e. The van der Waals surface area contributed by atoms with E-state index in [9.17, 15) is 9.59 Å². The molecule has 2 atom stereocenters. The minimum atomic E-state index is -0.482. The average molecular weight is 380 g/mol. The standard InChI is InChI=1S/C19H19Cl2NO3/c1-3-25-19(24)16-10(2)22-14-5-4-6-15(23)18(14)17(16)12-8-7-11(20)9-13(12)21/h5,7-9,17-18,22H,3-4,6H2,1-2H3. The summed E-state index contributed by atoms with van der Waals surface area (Å²) in [6.45, 7) is 3.84. The Morgan fingerprint density at radius 1 is 1.32 bits per heavy atom. The number of nitrogens with one attached hydrogen (secondary N) is 1. The van der Waals surface area contributed by atoms with Crippen molar-refractivity contribution in [3.05, 3.63) is 56.9 Å². The number of benzene rings is 1. The van der Waals surface area contributed by atoms with E-state index in [2.05, 4.69) is 5.32 Å². The predicted octanol–water partition coefficient (Wildman–Crippen LogP) is 4.38. The van der Waals surface area contributed by atoms with Gasteiger partial charge in [0.1, 0.15) is 5.78 Å². The lowest BCUT2D eigenvalue weighted by atomic mass is 9.71. The highest BCUT2D eigenvalue weighted by Crippen LogP contribution is 2.46. The summed E-state index contributed by atoms with van der Waals surface area (Å²) >= 11 is 12.4. The number of Topliss-reactive ketones (excluding diaryl/α,β-unsaturated/α-hetero) is 1. The molecular weight excluding hydrogens is 361 g/mol. The van der Waals surface area contributed by atoms with Crippen LogP contribution in [0.5, 0.6) is 0 Å². The molecule has 0 spiro atoms. The number of allylic oxidation sites excluding steroid dienone is 3. The number of carbonyl (C=O) groups is 2. The Morgan fingerprint density at radius 3 is 2.76 bits per heavy atom. The molecule has 0 saturated carbocycles. The Kier molecular flexibility index (Phi) is 5.21. The number of fused-ring (bicyclic) bond motifs is 1. The van der Waals surface area contributed by atoms with Gasteiger partial charge in [0.05, 0.1) is 18.1 Å². The van der Waals surface area contributed by atoms with Gasteiger partial charge >= 0.3 is 5.97 Å². The van der Waals surface area contributed by atoms with Crippen LogP contribution in [0.3, 0.4) is 0 Å². The lowest BCUT2D eigenvalue weighted by Crippen LogP contribution is -2.40. The van der Waals surface area contributed by atoms with E-state index in [1.54, 1.807) is 25.1 Å². The molecule has 0 aromatic heterocycles. The second-order valence-electron chi connectivity index (χ2n) is 6.17. The lowest BCUT2D eigenvalue weighted by Gasteiger charge is -2.38. The number of ether oxygens (including phenoxy) is 1. The number of halogens is 2. The third-order valence-corrected chi connectivity index (χ3v) is 5.17. The number of esters is 1. The molecule has 3 rings (SSSR count). The largest absolute Gasteiger partial charge is 0.463 e. The average Bonchev–Trinajstić information content (AvgIpc) is 2.54. The van der Waals surface area contributed by atoms with Gasteiger partial charge in [0.25, 0.3) is 0 Å². The predicted molar refractivity (Wildman–Crippen MR) is 97.5 cm³/mol. The van der Waals surface area contributed by atoms with Gasteiger partial charge in [-0.1, -0.05) is 35.3 Å². The van der Waals surface area contributed by atoms with Crippen molar-refractivity contribution < 1.29 is 14.3 Å². The van der Waals surface area contributed by atoms with Gasteiger partial charge < -0.3 is 10.1 Å². The van der Waals surface area contributed by atoms with Crippen molar-refractivity contribution in [1.82, 2.24) is 5.32 Å². The van der Waals surface area contributed by atoms with E-state index in [0.29, 0.717) is 39.7 Å². The maximum atomic E-state index is 12.7. The summed E-state index contributed by atoms with van der Waals surface area (Å²) in [6.07, 6.45) is 3.17. The van der Waals surface area contributed by atoms with Gasteiger partial charge in [-0.3, -0.25) is 4.79 Å². The van der Waals surface area contributed by atoms with Gasteiger partial charge in [-0.05, 0) is 38.0 Å². The number of carbonyl (C=O) groups excluding carboxylic acids is 2. The Hall–Kier alpha value is -1.78. The van der Waals surface area contributed by atoms with E-state index in [1.807, 2.05) is 13.0 Å². The van der Waals surface area contributed by atoms with Gasteiger partial charge in [-0.15, -0.1) is 0 Å².